The van der Waals surface area contributed by atoms with Gasteiger partial charge in [0.15, 0.2) is 5.11 Å². The lowest BCUT2D eigenvalue weighted by atomic mass is 10.2. The summed E-state index contributed by atoms with van der Waals surface area (Å²) in [6, 6.07) is 19.2. The smallest absolute Gasteiger partial charge is 0.174 e. The molecule has 26 heavy (non-hydrogen) atoms. The summed E-state index contributed by atoms with van der Waals surface area (Å²) >= 11 is 11.6. The zero-order valence-corrected chi connectivity index (χ0v) is 15.9. The van der Waals surface area contributed by atoms with Gasteiger partial charge in [-0.05, 0) is 66.3 Å². The fourth-order valence-corrected chi connectivity index (χ4v) is 2.85. The van der Waals surface area contributed by atoms with E-state index in [1.54, 1.807) is 13.4 Å². The zero-order valence-electron chi connectivity index (χ0n) is 14.3. The molecule has 0 radical (unpaired) electrons. The summed E-state index contributed by atoms with van der Waals surface area (Å²) in [5.41, 5.74) is 2.01. The minimum Gasteiger partial charge on any atom is -0.497 e. The fourth-order valence-electron chi connectivity index (χ4n) is 2.48. The van der Waals surface area contributed by atoms with Crippen LogP contribution in [0.15, 0.2) is 71.3 Å². The lowest BCUT2D eigenvalue weighted by molar-refractivity contribution is 0.360. The van der Waals surface area contributed by atoms with E-state index in [0.717, 1.165) is 22.8 Å². The minimum absolute atomic E-state index is 0.568. The Morgan fingerprint density at radius 1 is 1.08 bits per heavy atom. The molecular weight excluding hydrogens is 368 g/mol. The molecule has 0 aliphatic carbocycles. The summed E-state index contributed by atoms with van der Waals surface area (Å²) in [6.45, 7) is 1.21. The molecule has 2 aromatic carbocycles. The molecular formula is C20H19ClN2O2S. The van der Waals surface area contributed by atoms with Gasteiger partial charge in [-0.3, -0.25) is 0 Å². The van der Waals surface area contributed by atoms with Gasteiger partial charge in [0, 0.05) is 17.3 Å². The van der Waals surface area contributed by atoms with E-state index in [2.05, 4.69) is 5.32 Å². The number of anilines is 1. The van der Waals surface area contributed by atoms with E-state index in [0.29, 0.717) is 23.2 Å². The number of hydrogen-bond acceptors (Lipinski definition) is 3. The molecule has 0 aliphatic rings. The normalized spacial score (nSPS) is 10.4. The van der Waals surface area contributed by atoms with Crippen LogP contribution in [0.1, 0.15) is 11.3 Å². The molecule has 0 saturated carbocycles. The quantitative estimate of drug-likeness (QED) is 0.579. The number of halogens is 1. The number of furan rings is 1. The summed E-state index contributed by atoms with van der Waals surface area (Å²) in [5, 5.41) is 4.55. The van der Waals surface area contributed by atoms with Gasteiger partial charge in [0.05, 0.1) is 19.9 Å². The Bertz CT molecular complexity index is 833. The molecule has 134 valence electrons. The molecule has 0 spiro atoms. The maximum Gasteiger partial charge on any atom is 0.174 e. The summed E-state index contributed by atoms with van der Waals surface area (Å²) in [6.07, 6.45) is 1.66. The van der Waals surface area contributed by atoms with Gasteiger partial charge in [-0.1, -0.05) is 23.7 Å². The molecule has 1 heterocycles. The first-order chi connectivity index (χ1) is 12.6. The summed E-state index contributed by atoms with van der Waals surface area (Å²) < 4.78 is 10.7. The Hall–Kier alpha value is -2.50. The third kappa shape index (κ3) is 5.00. The first-order valence-corrected chi connectivity index (χ1v) is 8.89. The number of nitrogens with one attached hydrogen (secondary N) is 1. The van der Waals surface area contributed by atoms with Gasteiger partial charge in [-0.25, -0.2) is 0 Å². The molecule has 1 aromatic heterocycles. The molecule has 0 fully saturated rings. The average Bonchev–Trinajstić information content (AvgIpc) is 3.17. The van der Waals surface area contributed by atoms with Crippen molar-refractivity contribution in [2.75, 3.05) is 12.4 Å². The monoisotopic (exact) mass is 386 g/mol. The highest BCUT2D eigenvalue weighted by Crippen LogP contribution is 2.18. The number of benzene rings is 2. The number of rotatable bonds is 6. The highest BCUT2D eigenvalue weighted by atomic mass is 35.5. The second-order valence-corrected chi connectivity index (χ2v) is 6.54. The third-order valence-electron chi connectivity index (χ3n) is 3.84. The Labute approximate surface area is 163 Å². The first kappa shape index (κ1) is 18.3. The van der Waals surface area contributed by atoms with Crippen molar-refractivity contribution in [1.82, 2.24) is 4.90 Å². The van der Waals surface area contributed by atoms with E-state index in [9.17, 15) is 0 Å². The Kier molecular flexibility index (Phi) is 6.15. The molecule has 0 amide bonds. The molecule has 3 aromatic rings. The van der Waals surface area contributed by atoms with Crippen LogP contribution in [0.3, 0.4) is 0 Å². The van der Waals surface area contributed by atoms with Crippen molar-refractivity contribution in [2.45, 2.75) is 13.1 Å². The van der Waals surface area contributed by atoms with Gasteiger partial charge in [-0.15, -0.1) is 0 Å². The van der Waals surface area contributed by atoms with Crippen molar-refractivity contribution < 1.29 is 9.15 Å². The van der Waals surface area contributed by atoms with Crippen molar-refractivity contribution in [3.8, 4) is 5.75 Å². The largest absolute Gasteiger partial charge is 0.497 e. The van der Waals surface area contributed by atoms with Crippen molar-refractivity contribution in [3.63, 3.8) is 0 Å². The van der Waals surface area contributed by atoms with Crippen LogP contribution in [0.25, 0.3) is 0 Å². The number of methoxy groups -OCH3 is 1. The van der Waals surface area contributed by atoms with E-state index in [1.165, 1.54) is 0 Å². The molecule has 0 atom stereocenters. The van der Waals surface area contributed by atoms with E-state index in [4.69, 9.17) is 33.0 Å². The third-order valence-corrected chi connectivity index (χ3v) is 4.45. The van der Waals surface area contributed by atoms with Crippen LogP contribution in [-0.4, -0.2) is 17.1 Å². The highest BCUT2D eigenvalue weighted by molar-refractivity contribution is 7.80. The van der Waals surface area contributed by atoms with Gasteiger partial charge >= 0.3 is 0 Å². The lowest BCUT2D eigenvalue weighted by Crippen LogP contribution is -2.33. The standard InChI is InChI=1S/C20H19ClN2O2S/c1-24-18-10-4-15(5-11-18)13-23(14-19-3-2-12-25-19)20(26)22-17-8-6-16(21)7-9-17/h2-12H,13-14H2,1H3,(H,22,26). The molecule has 6 heteroatoms. The zero-order chi connectivity index (χ0) is 18.4. The molecule has 0 unspecified atom stereocenters. The number of hydrogen-bond donors (Lipinski definition) is 1. The van der Waals surface area contributed by atoms with Crippen molar-refractivity contribution >= 4 is 34.6 Å². The van der Waals surface area contributed by atoms with Gasteiger partial charge in [0.2, 0.25) is 0 Å². The van der Waals surface area contributed by atoms with Crippen LogP contribution >= 0.6 is 23.8 Å². The van der Waals surface area contributed by atoms with Crippen LogP contribution in [0.2, 0.25) is 5.02 Å². The van der Waals surface area contributed by atoms with Crippen LogP contribution in [0.5, 0.6) is 5.75 Å². The molecule has 0 saturated heterocycles. The molecule has 0 aliphatic heterocycles. The maximum atomic E-state index is 5.94. The van der Waals surface area contributed by atoms with Crippen molar-refractivity contribution in [3.05, 3.63) is 83.3 Å². The number of thiocarbonyl (C=S) groups is 1. The van der Waals surface area contributed by atoms with Crippen LogP contribution in [-0.2, 0) is 13.1 Å². The maximum absolute atomic E-state index is 5.94. The van der Waals surface area contributed by atoms with Crippen LogP contribution in [0, 0.1) is 0 Å². The molecule has 0 bridgehead atoms. The molecule has 3 rings (SSSR count). The highest BCUT2D eigenvalue weighted by Gasteiger charge is 2.13. The lowest BCUT2D eigenvalue weighted by Gasteiger charge is -2.25. The van der Waals surface area contributed by atoms with Gasteiger partial charge in [0.25, 0.3) is 0 Å². The van der Waals surface area contributed by atoms with E-state index < -0.39 is 0 Å². The van der Waals surface area contributed by atoms with Crippen molar-refractivity contribution in [1.29, 1.82) is 0 Å². The van der Waals surface area contributed by atoms with Gasteiger partial charge in [-0.2, -0.15) is 0 Å². The molecule has 1 N–H and O–H groups in total. The van der Waals surface area contributed by atoms with Crippen molar-refractivity contribution in [2.24, 2.45) is 0 Å². The Morgan fingerprint density at radius 3 is 2.42 bits per heavy atom. The van der Waals surface area contributed by atoms with E-state index in [-0.39, 0.29) is 0 Å². The SMILES string of the molecule is COc1ccc(CN(Cc2ccco2)C(=S)Nc2ccc(Cl)cc2)cc1. The summed E-state index contributed by atoms with van der Waals surface area (Å²) in [5.74, 6) is 1.67. The minimum atomic E-state index is 0.568. The predicted molar refractivity (Wildman–Crippen MR) is 109 cm³/mol. The number of ether oxygens (including phenoxy) is 1. The Morgan fingerprint density at radius 2 is 1.81 bits per heavy atom. The first-order valence-electron chi connectivity index (χ1n) is 8.11. The average molecular weight is 387 g/mol. The Balaban J connectivity index is 1.74. The predicted octanol–water partition coefficient (Wildman–Crippen LogP) is 5.34. The summed E-state index contributed by atoms with van der Waals surface area (Å²) in [7, 11) is 1.66. The van der Waals surface area contributed by atoms with Gasteiger partial charge in [0.1, 0.15) is 11.5 Å². The van der Waals surface area contributed by atoms with E-state index in [1.807, 2.05) is 65.6 Å². The fraction of sp³-hybridized carbons (Fsp3) is 0.150. The summed E-state index contributed by atoms with van der Waals surface area (Å²) in [4.78, 5) is 2.05. The van der Waals surface area contributed by atoms with Gasteiger partial charge < -0.3 is 19.4 Å². The molecule has 4 nitrogen and oxygen atoms in total. The van der Waals surface area contributed by atoms with Crippen LogP contribution in [0.4, 0.5) is 5.69 Å². The second-order valence-electron chi connectivity index (χ2n) is 5.72. The second kappa shape index (κ2) is 8.74. The van der Waals surface area contributed by atoms with E-state index >= 15 is 0 Å². The topological polar surface area (TPSA) is 37.6 Å². The number of nitrogens with zero attached hydrogens (tertiary/aromatic N) is 1. The van der Waals surface area contributed by atoms with Crippen LogP contribution < -0.4 is 10.1 Å².